The SMILES string of the molecule is O=C(c1ccc(F)c(F)c1)N(C(=O)N1CCCCC1)c1ccc(Cl)cc1. The fraction of sp³-hybridized carbons (Fsp3) is 0.263. The van der Waals surface area contributed by atoms with E-state index < -0.39 is 23.6 Å². The van der Waals surface area contributed by atoms with Gasteiger partial charge in [-0.3, -0.25) is 4.79 Å². The van der Waals surface area contributed by atoms with Crippen molar-refractivity contribution in [3.63, 3.8) is 0 Å². The Morgan fingerprint density at radius 1 is 0.923 bits per heavy atom. The molecule has 7 heteroatoms. The minimum atomic E-state index is -1.14. The van der Waals surface area contributed by atoms with E-state index in [1.165, 1.54) is 0 Å². The molecule has 0 aromatic heterocycles. The third-order valence-corrected chi connectivity index (χ3v) is 4.52. The van der Waals surface area contributed by atoms with Crippen LogP contribution in [0.2, 0.25) is 5.02 Å². The van der Waals surface area contributed by atoms with Crippen molar-refractivity contribution >= 4 is 29.2 Å². The summed E-state index contributed by atoms with van der Waals surface area (Å²) in [5.41, 5.74) is 0.212. The number of imide groups is 1. The molecule has 0 saturated carbocycles. The lowest BCUT2D eigenvalue weighted by Crippen LogP contribution is -2.48. The Morgan fingerprint density at radius 3 is 2.19 bits per heavy atom. The van der Waals surface area contributed by atoms with Crippen LogP contribution in [0.4, 0.5) is 19.3 Å². The number of carbonyl (C=O) groups excluding carboxylic acids is 2. The Labute approximate surface area is 155 Å². The average Bonchev–Trinajstić information content (AvgIpc) is 2.66. The molecular formula is C19H17ClF2N2O2. The van der Waals surface area contributed by atoms with Crippen molar-refractivity contribution in [3.05, 3.63) is 64.7 Å². The fourth-order valence-electron chi connectivity index (χ4n) is 2.89. The number of benzene rings is 2. The molecule has 0 radical (unpaired) electrons. The molecule has 0 N–H and O–H groups in total. The topological polar surface area (TPSA) is 40.6 Å². The molecular weight excluding hydrogens is 362 g/mol. The zero-order valence-corrected chi connectivity index (χ0v) is 14.7. The summed E-state index contributed by atoms with van der Waals surface area (Å²) in [6, 6.07) is 8.55. The third kappa shape index (κ3) is 3.85. The second kappa shape index (κ2) is 7.83. The molecule has 2 aromatic rings. The number of amides is 3. The molecule has 136 valence electrons. The molecule has 0 bridgehead atoms. The number of urea groups is 1. The molecule has 1 aliphatic heterocycles. The van der Waals surface area contributed by atoms with Crippen molar-refractivity contribution < 1.29 is 18.4 Å². The lowest BCUT2D eigenvalue weighted by molar-refractivity contribution is 0.0983. The van der Waals surface area contributed by atoms with E-state index in [2.05, 4.69) is 0 Å². The van der Waals surface area contributed by atoms with Gasteiger partial charge < -0.3 is 4.90 Å². The zero-order chi connectivity index (χ0) is 18.7. The van der Waals surface area contributed by atoms with Gasteiger partial charge in [-0.1, -0.05) is 11.6 Å². The molecule has 26 heavy (non-hydrogen) atoms. The van der Waals surface area contributed by atoms with Gasteiger partial charge in [0.1, 0.15) is 0 Å². The quantitative estimate of drug-likeness (QED) is 0.748. The number of carbonyl (C=O) groups is 2. The number of anilines is 1. The Hall–Kier alpha value is -2.47. The summed E-state index contributed by atoms with van der Waals surface area (Å²) in [6.45, 7) is 1.10. The maximum Gasteiger partial charge on any atom is 0.331 e. The van der Waals surface area contributed by atoms with Crippen molar-refractivity contribution in [1.82, 2.24) is 4.90 Å². The highest BCUT2D eigenvalue weighted by molar-refractivity contribution is 6.30. The van der Waals surface area contributed by atoms with Gasteiger partial charge in [0.15, 0.2) is 11.6 Å². The van der Waals surface area contributed by atoms with Gasteiger partial charge in [0.25, 0.3) is 5.91 Å². The zero-order valence-electron chi connectivity index (χ0n) is 13.9. The first kappa shape index (κ1) is 18.3. The molecule has 0 aliphatic carbocycles. The van der Waals surface area contributed by atoms with Crippen LogP contribution in [-0.2, 0) is 0 Å². The number of hydrogen-bond acceptors (Lipinski definition) is 2. The van der Waals surface area contributed by atoms with Gasteiger partial charge in [-0.15, -0.1) is 0 Å². The van der Waals surface area contributed by atoms with E-state index in [-0.39, 0.29) is 5.56 Å². The van der Waals surface area contributed by atoms with Crippen LogP contribution >= 0.6 is 11.6 Å². The van der Waals surface area contributed by atoms with Gasteiger partial charge in [0.2, 0.25) is 0 Å². The Bertz CT molecular complexity index is 821. The minimum Gasteiger partial charge on any atom is -0.324 e. The van der Waals surface area contributed by atoms with Crippen LogP contribution < -0.4 is 4.90 Å². The van der Waals surface area contributed by atoms with E-state index in [4.69, 9.17) is 11.6 Å². The molecule has 0 spiro atoms. The molecule has 4 nitrogen and oxygen atoms in total. The maximum absolute atomic E-state index is 13.6. The van der Waals surface area contributed by atoms with Crippen LogP contribution in [0.1, 0.15) is 29.6 Å². The van der Waals surface area contributed by atoms with E-state index in [0.29, 0.717) is 23.8 Å². The van der Waals surface area contributed by atoms with Gasteiger partial charge in [-0.05, 0) is 61.7 Å². The average molecular weight is 379 g/mol. The molecule has 0 atom stereocenters. The fourth-order valence-corrected chi connectivity index (χ4v) is 3.02. The minimum absolute atomic E-state index is 0.107. The normalized spacial score (nSPS) is 14.2. The summed E-state index contributed by atoms with van der Waals surface area (Å²) >= 11 is 5.89. The van der Waals surface area contributed by atoms with Crippen LogP contribution in [0.5, 0.6) is 0 Å². The van der Waals surface area contributed by atoms with Crippen molar-refractivity contribution in [2.75, 3.05) is 18.0 Å². The highest BCUT2D eigenvalue weighted by Gasteiger charge is 2.30. The van der Waals surface area contributed by atoms with Crippen molar-refractivity contribution in [2.24, 2.45) is 0 Å². The molecule has 2 aromatic carbocycles. The summed E-state index contributed by atoms with van der Waals surface area (Å²) in [7, 11) is 0. The lowest BCUT2D eigenvalue weighted by Gasteiger charge is -2.32. The van der Waals surface area contributed by atoms with Crippen LogP contribution in [0.3, 0.4) is 0 Å². The number of halogens is 3. The van der Waals surface area contributed by atoms with Gasteiger partial charge in [-0.25, -0.2) is 18.5 Å². The summed E-state index contributed by atoms with van der Waals surface area (Å²) < 4.78 is 26.7. The monoisotopic (exact) mass is 378 g/mol. The van der Waals surface area contributed by atoms with Crippen LogP contribution in [-0.4, -0.2) is 29.9 Å². The number of nitrogens with zero attached hydrogens (tertiary/aromatic N) is 2. The number of likely N-dealkylation sites (tertiary alicyclic amines) is 1. The summed E-state index contributed by atoms with van der Waals surface area (Å²) in [5, 5.41) is 0.458. The second-order valence-corrected chi connectivity index (χ2v) is 6.51. The van der Waals surface area contributed by atoms with Crippen molar-refractivity contribution in [1.29, 1.82) is 0 Å². The number of piperidine rings is 1. The molecule has 1 fully saturated rings. The largest absolute Gasteiger partial charge is 0.331 e. The van der Waals surface area contributed by atoms with Crippen LogP contribution in [0.25, 0.3) is 0 Å². The highest BCUT2D eigenvalue weighted by Crippen LogP contribution is 2.24. The summed E-state index contributed by atoms with van der Waals surface area (Å²) in [4.78, 5) is 28.5. The third-order valence-electron chi connectivity index (χ3n) is 4.27. The predicted molar refractivity (Wildman–Crippen MR) is 95.4 cm³/mol. The highest BCUT2D eigenvalue weighted by atomic mass is 35.5. The lowest BCUT2D eigenvalue weighted by atomic mass is 10.1. The van der Waals surface area contributed by atoms with Gasteiger partial charge in [-0.2, -0.15) is 0 Å². The standard InChI is InChI=1S/C19H17ClF2N2O2/c20-14-5-7-15(8-6-14)24(19(26)23-10-2-1-3-11-23)18(25)13-4-9-16(21)17(22)12-13/h4-9,12H,1-3,10-11H2. The van der Waals surface area contributed by atoms with E-state index in [1.54, 1.807) is 29.2 Å². The smallest absolute Gasteiger partial charge is 0.324 e. The van der Waals surface area contributed by atoms with E-state index in [1.807, 2.05) is 0 Å². The molecule has 3 amide bonds. The second-order valence-electron chi connectivity index (χ2n) is 6.08. The maximum atomic E-state index is 13.6. The predicted octanol–water partition coefficient (Wildman–Crippen LogP) is 4.87. The number of rotatable bonds is 2. The van der Waals surface area contributed by atoms with Crippen molar-refractivity contribution in [3.8, 4) is 0 Å². The first-order valence-electron chi connectivity index (χ1n) is 8.31. The molecule has 3 rings (SSSR count). The molecule has 1 saturated heterocycles. The molecule has 0 unspecified atom stereocenters. The first-order valence-corrected chi connectivity index (χ1v) is 8.69. The number of hydrogen-bond donors (Lipinski definition) is 0. The van der Waals surface area contributed by atoms with Gasteiger partial charge in [0, 0.05) is 23.7 Å². The van der Waals surface area contributed by atoms with E-state index in [0.717, 1.165) is 42.4 Å². The van der Waals surface area contributed by atoms with Crippen molar-refractivity contribution in [2.45, 2.75) is 19.3 Å². The Morgan fingerprint density at radius 2 is 1.58 bits per heavy atom. The Balaban J connectivity index is 1.98. The summed E-state index contributed by atoms with van der Waals surface area (Å²) in [6.07, 6.45) is 2.75. The van der Waals surface area contributed by atoms with Gasteiger partial charge >= 0.3 is 6.03 Å². The van der Waals surface area contributed by atoms with Gasteiger partial charge in [0.05, 0.1) is 5.69 Å². The van der Waals surface area contributed by atoms with Crippen LogP contribution in [0, 0.1) is 11.6 Å². The Kier molecular flexibility index (Phi) is 5.52. The van der Waals surface area contributed by atoms with E-state index >= 15 is 0 Å². The summed E-state index contributed by atoms with van der Waals surface area (Å²) in [5.74, 6) is -2.92. The molecule has 1 aliphatic rings. The van der Waals surface area contributed by atoms with E-state index in [9.17, 15) is 18.4 Å². The van der Waals surface area contributed by atoms with Crippen LogP contribution in [0.15, 0.2) is 42.5 Å². The molecule has 1 heterocycles. The first-order chi connectivity index (χ1) is 12.5.